The molecule has 0 radical (unpaired) electrons. The van der Waals surface area contributed by atoms with Gasteiger partial charge in [0.1, 0.15) is 0 Å². The van der Waals surface area contributed by atoms with Crippen LogP contribution in [0.3, 0.4) is 0 Å². The van der Waals surface area contributed by atoms with Crippen LogP contribution in [0.5, 0.6) is 0 Å². The summed E-state index contributed by atoms with van der Waals surface area (Å²) in [7, 11) is 0. The number of aromatic nitrogens is 2. The number of carbonyl (C=O) groups is 1. The summed E-state index contributed by atoms with van der Waals surface area (Å²) in [4.78, 5) is 25.9. The van der Waals surface area contributed by atoms with Gasteiger partial charge < -0.3 is 0 Å². The Morgan fingerprint density at radius 1 is 1.06 bits per heavy atom. The molecule has 0 aliphatic carbocycles. The molecular formula is C23H15ClF2N4O2. The third-order valence-corrected chi connectivity index (χ3v) is 5.22. The molecule has 0 bridgehead atoms. The summed E-state index contributed by atoms with van der Waals surface area (Å²) < 4.78 is 27.5. The molecule has 1 N–H and O–H groups in total. The molecule has 0 aliphatic heterocycles. The summed E-state index contributed by atoms with van der Waals surface area (Å²) in [5.41, 5.74) is 3.17. The zero-order valence-electron chi connectivity index (χ0n) is 16.6. The van der Waals surface area contributed by atoms with Crippen LogP contribution in [0, 0.1) is 18.6 Å². The summed E-state index contributed by atoms with van der Waals surface area (Å²) in [5, 5.41) is 9.14. The summed E-state index contributed by atoms with van der Waals surface area (Å²) in [6.07, 6.45) is 1.17. The number of nitrogens with zero attached hydrogens (tertiary/aromatic N) is 3. The van der Waals surface area contributed by atoms with E-state index in [-0.39, 0.29) is 16.6 Å². The molecule has 0 spiro atoms. The molecule has 160 valence electrons. The minimum Gasteiger partial charge on any atom is -0.267 e. The molecule has 1 amide bonds. The number of hydrogen-bond donors (Lipinski definition) is 1. The Labute approximate surface area is 185 Å². The lowest BCUT2D eigenvalue weighted by molar-refractivity contribution is 0.0950. The Balaban J connectivity index is 1.76. The average molecular weight is 453 g/mol. The highest BCUT2D eigenvalue weighted by atomic mass is 35.5. The van der Waals surface area contributed by atoms with Gasteiger partial charge in [0.25, 0.3) is 11.5 Å². The highest BCUT2D eigenvalue weighted by Crippen LogP contribution is 2.22. The van der Waals surface area contributed by atoms with Gasteiger partial charge in [-0.1, -0.05) is 41.9 Å². The Hall–Kier alpha value is -3.91. The van der Waals surface area contributed by atoms with Gasteiger partial charge >= 0.3 is 0 Å². The molecule has 32 heavy (non-hydrogen) atoms. The van der Waals surface area contributed by atoms with Crippen LogP contribution in [0.1, 0.15) is 21.6 Å². The summed E-state index contributed by atoms with van der Waals surface area (Å²) in [6.45, 7) is 1.74. The number of carbonyl (C=O) groups excluding carboxylic acids is 1. The smallest absolute Gasteiger partial charge is 0.267 e. The van der Waals surface area contributed by atoms with Crippen LogP contribution in [0.4, 0.5) is 8.78 Å². The van der Waals surface area contributed by atoms with Gasteiger partial charge in [0.05, 0.1) is 17.3 Å². The number of halogens is 3. The van der Waals surface area contributed by atoms with E-state index < -0.39 is 23.1 Å². The second kappa shape index (κ2) is 8.68. The lowest BCUT2D eigenvalue weighted by Crippen LogP contribution is -2.28. The average Bonchev–Trinajstić information content (AvgIpc) is 2.79. The van der Waals surface area contributed by atoms with Crippen molar-refractivity contribution in [3.8, 4) is 5.69 Å². The van der Waals surface area contributed by atoms with Gasteiger partial charge in [-0.15, -0.1) is 0 Å². The van der Waals surface area contributed by atoms with Gasteiger partial charge in [0.2, 0.25) is 0 Å². The van der Waals surface area contributed by atoms with Crippen molar-refractivity contribution >= 4 is 34.5 Å². The van der Waals surface area contributed by atoms with E-state index in [2.05, 4.69) is 15.6 Å². The van der Waals surface area contributed by atoms with Crippen molar-refractivity contribution in [2.75, 3.05) is 0 Å². The third-order valence-electron chi connectivity index (χ3n) is 4.81. The first-order valence-corrected chi connectivity index (χ1v) is 9.80. The number of hydrazone groups is 1. The quantitative estimate of drug-likeness (QED) is 0.368. The minimum absolute atomic E-state index is 0.0398. The molecule has 1 heterocycles. The highest BCUT2D eigenvalue weighted by molar-refractivity contribution is 6.31. The van der Waals surface area contributed by atoms with Gasteiger partial charge in [0, 0.05) is 10.4 Å². The van der Waals surface area contributed by atoms with Crippen LogP contribution in [0.2, 0.25) is 5.02 Å². The summed E-state index contributed by atoms with van der Waals surface area (Å²) in [5.74, 6) is -2.70. The lowest BCUT2D eigenvalue weighted by atomic mass is 10.1. The van der Waals surface area contributed by atoms with Crippen molar-refractivity contribution in [2.45, 2.75) is 6.92 Å². The van der Waals surface area contributed by atoms with Crippen molar-refractivity contribution in [2.24, 2.45) is 5.10 Å². The van der Waals surface area contributed by atoms with E-state index in [1.165, 1.54) is 12.3 Å². The fourth-order valence-corrected chi connectivity index (χ4v) is 3.33. The molecule has 0 saturated heterocycles. The van der Waals surface area contributed by atoms with E-state index in [1.54, 1.807) is 49.4 Å². The molecule has 6 nitrogen and oxygen atoms in total. The molecule has 3 aromatic carbocycles. The Bertz CT molecular complexity index is 1450. The van der Waals surface area contributed by atoms with Crippen LogP contribution in [0.15, 0.2) is 70.6 Å². The fraction of sp³-hybridized carbons (Fsp3) is 0.0435. The van der Waals surface area contributed by atoms with Crippen molar-refractivity contribution in [1.29, 1.82) is 0 Å². The number of hydrogen-bond acceptors (Lipinski definition) is 4. The van der Waals surface area contributed by atoms with E-state index in [1.807, 2.05) is 0 Å². The predicted molar refractivity (Wildman–Crippen MR) is 119 cm³/mol. The first-order chi connectivity index (χ1) is 15.4. The Kier molecular flexibility index (Phi) is 5.79. The van der Waals surface area contributed by atoms with Crippen molar-refractivity contribution in [1.82, 2.24) is 15.2 Å². The van der Waals surface area contributed by atoms with Crippen LogP contribution in [0.25, 0.3) is 16.5 Å². The Morgan fingerprint density at radius 3 is 2.56 bits per heavy atom. The number of nitrogens with one attached hydrogen (secondary N) is 1. The maximum atomic E-state index is 13.3. The number of fused-ring (bicyclic) bond motifs is 1. The molecule has 4 rings (SSSR count). The van der Waals surface area contributed by atoms with Crippen LogP contribution >= 0.6 is 11.6 Å². The maximum absolute atomic E-state index is 13.3. The van der Waals surface area contributed by atoms with Gasteiger partial charge in [-0.3, -0.25) is 9.59 Å². The fourth-order valence-electron chi connectivity index (χ4n) is 3.16. The van der Waals surface area contributed by atoms with Crippen LogP contribution < -0.4 is 11.0 Å². The van der Waals surface area contributed by atoms with E-state index in [0.717, 1.165) is 16.8 Å². The SMILES string of the molecule is Cc1c(Cl)cccc1-n1nc(C(=O)NN=Cc2ccc(F)c(F)c2)c2ccccc2c1=O. The van der Waals surface area contributed by atoms with Gasteiger partial charge in [-0.2, -0.15) is 14.9 Å². The molecular weight excluding hydrogens is 438 g/mol. The largest absolute Gasteiger partial charge is 0.292 e. The maximum Gasteiger partial charge on any atom is 0.292 e. The number of rotatable bonds is 4. The van der Waals surface area contributed by atoms with E-state index in [9.17, 15) is 18.4 Å². The first-order valence-electron chi connectivity index (χ1n) is 9.43. The predicted octanol–water partition coefficient (Wildman–Crippen LogP) is 4.39. The van der Waals surface area contributed by atoms with Gasteiger partial charge in [0.15, 0.2) is 17.3 Å². The molecule has 0 aliphatic rings. The zero-order valence-corrected chi connectivity index (χ0v) is 17.4. The van der Waals surface area contributed by atoms with Crippen molar-refractivity contribution < 1.29 is 13.6 Å². The number of amides is 1. The second-order valence-corrected chi connectivity index (χ2v) is 7.27. The molecule has 1 aromatic heterocycles. The van der Waals surface area contributed by atoms with E-state index in [4.69, 9.17) is 11.6 Å². The van der Waals surface area contributed by atoms with E-state index in [0.29, 0.717) is 21.7 Å². The first kappa shape index (κ1) is 21.3. The molecule has 4 aromatic rings. The lowest BCUT2D eigenvalue weighted by Gasteiger charge is -2.12. The molecule has 0 fully saturated rings. The third kappa shape index (κ3) is 4.00. The number of benzene rings is 3. The van der Waals surface area contributed by atoms with E-state index >= 15 is 0 Å². The highest BCUT2D eigenvalue weighted by Gasteiger charge is 2.18. The standard InChI is InChI=1S/C23H15ClF2N4O2/c1-13-17(24)7-4-8-20(13)30-23(32)16-6-3-2-5-15(16)21(29-30)22(31)28-27-12-14-9-10-18(25)19(26)11-14/h2-12H,1H3,(H,28,31). The van der Waals surface area contributed by atoms with Crippen molar-refractivity contribution in [3.63, 3.8) is 0 Å². The Morgan fingerprint density at radius 2 is 1.81 bits per heavy atom. The second-order valence-electron chi connectivity index (χ2n) is 6.87. The minimum atomic E-state index is -1.03. The molecule has 0 atom stereocenters. The monoisotopic (exact) mass is 452 g/mol. The summed E-state index contributed by atoms with van der Waals surface area (Å²) in [6, 6.07) is 14.8. The zero-order chi connectivity index (χ0) is 22.8. The van der Waals surface area contributed by atoms with Crippen molar-refractivity contribution in [3.05, 3.63) is 104 Å². The van der Waals surface area contributed by atoms with Crippen LogP contribution in [-0.4, -0.2) is 21.9 Å². The normalized spacial score (nSPS) is 11.2. The van der Waals surface area contributed by atoms with Gasteiger partial charge in [-0.25, -0.2) is 14.2 Å². The molecule has 0 saturated carbocycles. The van der Waals surface area contributed by atoms with Gasteiger partial charge in [-0.05, 0) is 48.4 Å². The van der Waals surface area contributed by atoms with Crippen LogP contribution in [-0.2, 0) is 0 Å². The molecule has 0 unspecified atom stereocenters. The summed E-state index contributed by atoms with van der Waals surface area (Å²) >= 11 is 6.19. The topological polar surface area (TPSA) is 76.3 Å². The molecule has 9 heteroatoms.